The van der Waals surface area contributed by atoms with E-state index in [9.17, 15) is 4.79 Å². The van der Waals surface area contributed by atoms with Crippen LogP contribution in [0.5, 0.6) is 5.75 Å². The summed E-state index contributed by atoms with van der Waals surface area (Å²) >= 11 is 0. The maximum Gasteiger partial charge on any atom is 0.234 e. The Morgan fingerprint density at radius 1 is 1.52 bits per heavy atom. The number of rotatable bonds is 4. The van der Waals surface area contributed by atoms with Gasteiger partial charge in [0.25, 0.3) is 0 Å². The number of nitrogens with one attached hydrogen (secondary N) is 1. The summed E-state index contributed by atoms with van der Waals surface area (Å²) < 4.78 is 11.0. The van der Waals surface area contributed by atoms with Crippen molar-refractivity contribution in [2.45, 2.75) is 39.8 Å². The van der Waals surface area contributed by atoms with Crippen LogP contribution in [0.3, 0.4) is 0 Å². The molecule has 0 radical (unpaired) electrons. The molecule has 2 atom stereocenters. The SMILES string of the molecule is Cc1cc(OC(C)C)ccc1NC(=O)C1(C)COCC1N. The first-order valence-corrected chi connectivity index (χ1v) is 7.25. The van der Waals surface area contributed by atoms with Gasteiger partial charge in [-0.2, -0.15) is 0 Å². The van der Waals surface area contributed by atoms with E-state index in [0.717, 1.165) is 17.0 Å². The predicted molar refractivity (Wildman–Crippen MR) is 82.5 cm³/mol. The molecule has 3 N–H and O–H groups in total. The molecule has 21 heavy (non-hydrogen) atoms. The Morgan fingerprint density at radius 3 is 2.76 bits per heavy atom. The van der Waals surface area contributed by atoms with Crippen molar-refractivity contribution in [3.63, 3.8) is 0 Å². The molecular formula is C16H24N2O3. The van der Waals surface area contributed by atoms with Gasteiger partial charge in [-0.15, -0.1) is 0 Å². The molecule has 2 unspecified atom stereocenters. The molecule has 1 aliphatic rings. The van der Waals surface area contributed by atoms with Crippen molar-refractivity contribution in [3.05, 3.63) is 23.8 Å². The molecule has 0 bridgehead atoms. The van der Waals surface area contributed by atoms with E-state index in [-0.39, 0.29) is 18.1 Å². The molecule has 5 heteroatoms. The van der Waals surface area contributed by atoms with E-state index in [1.165, 1.54) is 0 Å². The van der Waals surface area contributed by atoms with Gasteiger partial charge < -0.3 is 20.5 Å². The Kier molecular flexibility index (Phi) is 4.54. The van der Waals surface area contributed by atoms with Gasteiger partial charge in [0.15, 0.2) is 0 Å². The summed E-state index contributed by atoms with van der Waals surface area (Å²) in [6.07, 6.45) is 0.123. The van der Waals surface area contributed by atoms with Gasteiger partial charge >= 0.3 is 0 Å². The Balaban J connectivity index is 2.11. The van der Waals surface area contributed by atoms with Gasteiger partial charge in [0, 0.05) is 11.7 Å². The zero-order chi connectivity index (χ0) is 15.6. The lowest BCUT2D eigenvalue weighted by Gasteiger charge is -2.26. The second kappa shape index (κ2) is 6.03. The zero-order valence-electron chi connectivity index (χ0n) is 13.1. The number of aryl methyl sites for hydroxylation is 1. The Bertz CT molecular complexity index is 530. The number of benzene rings is 1. The van der Waals surface area contributed by atoms with Crippen molar-refractivity contribution in [3.8, 4) is 5.75 Å². The Morgan fingerprint density at radius 2 is 2.24 bits per heavy atom. The number of hydrogen-bond donors (Lipinski definition) is 2. The fourth-order valence-electron chi connectivity index (χ4n) is 2.31. The van der Waals surface area contributed by atoms with E-state index >= 15 is 0 Å². The maximum absolute atomic E-state index is 12.5. The van der Waals surface area contributed by atoms with Crippen molar-refractivity contribution < 1.29 is 14.3 Å². The molecule has 116 valence electrons. The zero-order valence-corrected chi connectivity index (χ0v) is 13.1. The highest BCUT2D eigenvalue weighted by atomic mass is 16.5. The fourth-order valence-corrected chi connectivity index (χ4v) is 2.31. The van der Waals surface area contributed by atoms with Crippen molar-refractivity contribution in [1.82, 2.24) is 0 Å². The number of amides is 1. The van der Waals surface area contributed by atoms with Gasteiger partial charge in [0.2, 0.25) is 5.91 Å². The molecule has 1 aromatic rings. The van der Waals surface area contributed by atoms with Crippen LogP contribution in [0.4, 0.5) is 5.69 Å². The summed E-state index contributed by atoms with van der Waals surface area (Å²) in [6, 6.07) is 5.36. The lowest BCUT2D eigenvalue weighted by molar-refractivity contribution is -0.125. The van der Waals surface area contributed by atoms with Crippen molar-refractivity contribution in [2.24, 2.45) is 11.1 Å². The number of ether oxygens (including phenoxy) is 2. The Labute approximate surface area is 125 Å². The smallest absolute Gasteiger partial charge is 0.234 e. The minimum atomic E-state index is -0.681. The topological polar surface area (TPSA) is 73.6 Å². The van der Waals surface area contributed by atoms with Crippen molar-refractivity contribution in [1.29, 1.82) is 0 Å². The first kappa shape index (κ1) is 15.8. The summed E-state index contributed by atoms with van der Waals surface area (Å²) in [4.78, 5) is 12.5. The fraction of sp³-hybridized carbons (Fsp3) is 0.562. The van der Waals surface area contributed by atoms with Gasteiger partial charge in [-0.05, 0) is 51.5 Å². The molecule has 1 saturated heterocycles. The van der Waals surface area contributed by atoms with Gasteiger partial charge in [-0.25, -0.2) is 0 Å². The van der Waals surface area contributed by atoms with Crippen LogP contribution in [0.15, 0.2) is 18.2 Å². The highest BCUT2D eigenvalue weighted by Gasteiger charge is 2.44. The second-order valence-electron chi connectivity index (χ2n) is 6.14. The first-order chi connectivity index (χ1) is 9.83. The van der Waals surface area contributed by atoms with E-state index < -0.39 is 5.41 Å². The Hall–Kier alpha value is -1.59. The molecule has 0 aromatic heterocycles. The average molecular weight is 292 g/mol. The minimum absolute atomic E-state index is 0.104. The van der Waals surface area contributed by atoms with Crippen LogP contribution in [0.25, 0.3) is 0 Å². The van der Waals surface area contributed by atoms with Gasteiger partial charge in [0.05, 0.1) is 24.7 Å². The third-order valence-corrected chi connectivity index (χ3v) is 3.85. The summed E-state index contributed by atoms with van der Waals surface area (Å²) in [5.41, 5.74) is 7.03. The first-order valence-electron chi connectivity index (χ1n) is 7.25. The standard InChI is InChI=1S/C16H24N2O3/c1-10(2)21-12-5-6-13(11(3)7-12)18-15(19)16(4)9-20-8-14(16)17/h5-7,10,14H,8-9,17H2,1-4H3,(H,18,19). The molecule has 0 spiro atoms. The average Bonchev–Trinajstić information content (AvgIpc) is 2.73. The minimum Gasteiger partial charge on any atom is -0.491 e. The van der Waals surface area contributed by atoms with Crippen LogP contribution >= 0.6 is 0 Å². The molecule has 1 heterocycles. The van der Waals surface area contributed by atoms with Crippen LogP contribution in [-0.4, -0.2) is 31.3 Å². The molecule has 1 fully saturated rings. The summed E-state index contributed by atoms with van der Waals surface area (Å²) in [5, 5.41) is 2.95. The van der Waals surface area contributed by atoms with Gasteiger partial charge in [0.1, 0.15) is 5.75 Å². The second-order valence-corrected chi connectivity index (χ2v) is 6.14. The number of carbonyl (C=O) groups is 1. The lowest BCUT2D eigenvalue weighted by atomic mass is 9.84. The van der Waals surface area contributed by atoms with Crippen molar-refractivity contribution in [2.75, 3.05) is 18.5 Å². The van der Waals surface area contributed by atoms with Gasteiger partial charge in [-0.1, -0.05) is 0 Å². The maximum atomic E-state index is 12.5. The number of anilines is 1. The number of carbonyl (C=O) groups excluding carboxylic acids is 1. The summed E-state index contributed by atoms with van der Waals surface area (Å²) in [5.74, 6) is 0.695. The van der Waals surface area contributed by atoms with Crippen LogP contribution in [0.1, 0.15) is 26.3 Å². The largest absolute Gasteiger partial charge is 0.491 e. The summed E-state index contributed by atoms with van der Waals surface area (Å²) in [7, 11) is 0. The molecule has 0 saturated carbocycles. The van der Waals surface area contributed by atoms with Crippen LogP contribution in [-0.2, 0) is 9.53 Å². The van der Waals surface area contributed by atoms with Crippen LogP contribution in [0.2, 0.25) is 0 Å². The molecule has 1 amide bonds. The monoisotopic (exact) mass is 292 g/mol. The quantitative estimate of drug-likeness (QED) is 0.891. The van der Waals surface area contributed by atoms with E-state index in [0.29, 0.717) is 13.2 Å². The van der Waals surface area contributed by atoms with E-state index in [2.05, 4.69) is 5.32 Å². The predicted octanol–water partition coefficient (Wildman–Crippen LogP) is 2.08. The number of nitrogens with two attached hydrogens (primary N) is 1. The van der Waals surface area contributed by atoms with E-state index in [1.54, 1.807) is 0 Å². The highest BCUT2D eigenvalue weighted by Crippen LogP contribution is 2.30. The molecular weight excluding hydrogens is 268 g/mol. The van der Waals surface area contributed by atoms with E-state index in [1.807, 2.05) is 45.9 Å². The van der Waals surface area contributed by atoms with E-state index in [4.69, 9.17) is 15.2 Å². The molecule has 2 rings (SSSR count). The van der Waals surface area contributed by atoms with Gasteiger partial charge in [-0.3, -0.25) is 4.79 Å². The third-order valence-electron chi connectivity index (χ3n) is 3.85. The normalized spacial score (nSPS) is 25.1. The molecule has 5 nitrogen and oxygen atoms in total. The summed E-state index contributed by atoms with van der Waals surface area (Å²) in [6.45, 7) is 8.51. The molecule has 1 aliphatic heterocycles. The van der Waals surface area contributed by atoms with Crippen LogP contribution < -0.4 is 15.8 Å². The molecule has 1 aromatic carbocycles. The number of hydrogen-bond acceptors (Lipinski definition) is 4. The lowest BCUT2D eigenvalue weighted by Crippen LogP contribution is -2.47. The van der Waals surface area contributed by atoms with Crippen molar-refractivity contribution >= 4 is 11.6 Å². The van der Waals surface area contributed by atoms with Crippen LogP contribution in [0, 0.1) is 12.3 Å². The third kappa shape index (κ3) is 3.36. The highest BCUT2D eigenvalue weighted by molar-refractivity contribution is 5.96. The molecule has 0 aliphatic carbocycles.